The van der Waals surface area contributed by atoms with E-state index < -0.39 is 11.6 Å². The molecule has 1 N–H and O–H groups in total. The zero-order valence-corrected chi connectivity index (χ0v) is 19.5. The largest absolute Gasteiger partial charge is 0.338 e. The van der Waals surface area contributed by atoms with Crippen molar-refractivity contribution in [3.63, 3.8) is 0 Å². The molecule has 8 heteroatoms. The number of rotatable bonds is 5. The van der Waals surface area contributed by atoms with E-state index in [2.05, 4.69) is 34.5 Å². The lowest BCUT2D eigenvalue weighted by atomic mass is 9.90. The number of hydrogen-bond acceptors (Lipinski definition) is 3. The van der Waals surface area contributed by atoms with Gasteiger partial charge in [-0.05, 0) is 42.4 Å². The highest BCUT2D eigenvalue weighted by Gasteiger charge is 2.31. The summed E-state index contributed by atoms with van der Waals surface area (Å²) in [6.07, 6.45) is 3.30. The van der Waals surface area contributed by atoms with Crippen LogP contribution >= 0.6 is 0 Å². The van der Waals surface area contributed by atoms with Crippen LogP contribution in [0, 0.1) is 17.6 Å². The number of amides is 2. The van der Waals surface area contributed by atoms with Crippen molar-refractivity contribution in [2.75, 3.05) is 19.6 Å². The van der Waals surface area contributed by atoms with Crippen LogP contribution in [-0.4, -0.2) is 51.4 Å². The van der Waals surface area contributed by atoms with Gasteiger partial charge >= 0.3 is 0 Å². The Balaban J connectivity index is 1.21. The van der Waals surface area contributed by atoms with E-state index in [0.29, 0.717) is 37.7 Å². The van der Waals surface area contributed by atoms with Crippen molar-refractivity contribution in [2.45, 2.75) is 38.6 Å². The van der Waals surface area contributed by atoms with Crippen molar-refractivity contribution >= 4 is 11.8 Å². The number of H-pyrrole nitrogens is 1. The molecule has 2 aromatic carbocycles. The van der Waals surface area contributed by atoms with Crippen LogP contribution in [0.15, 0.2) is 48.5 Å². The van der Waals surface area contributed by atoms with Gasteiger partial charge in [0.15, 0.2) is 5.69 Å². The van der Waals surface area contributed by atoms with Crippen LogP contribution in [0.4, 0.5) is 8.78 Å². The number of fused-ring (bicyclic) bond motifs is 1. The summed E-state index contributed by atoms with van der Waals surface area (Å²) in [5.74, 6) is -1.23. The molecule has 2 aliphatic heterocycles. The number of hydrogen-bond donors (Lipinski definition) is 1. The highest BCUT2D eigenvalue weighted by Crippen LogP contribution is 2.26. The summed E-state index contributed by atoms with van der Waals surface area (Å²) in [6, 6.07) is 13.6. The molecule has 3 heterocycles. The number of aromatic nitrogens is 2. The molecule has 182 valence electrons. The van der Waals surface area contributed by atoms with Crippen molar-refractivity contribution in [1.82, 2.24) is 20.0 Å². The van der Waals surface area contributed by atoms with Gasteiger partial charge in [0.25, 0.3) is 5.91 Å². The Morgan fingerprint density at radius 1 is 1.00 bits per heavy atom. The fourth-order valence-electron chi connectivity index (χ4n) is 5.06. The molecule has 0 bridgehead atoms. The van der Waals surface area contributed by atoms with Crippen molar-refractivity contribution in [3.05, 3.63) is 88.2 Å². The molecule has 0 atom stereocenters. The molecule has 1 fully saturated rings. The summed E-state index contributed by atoms with van der Waals surface area (Å²) in [5, 5.41) is 7.28. The lowest BCUT2D eigenvalue weighted by molar-refractivity contribution is -0.131. The third-order valence-electron chi connectivity index (χ3n) is 7.11. The fraction of sp³-hybridized carbons (Fsp3) is 0.370. The number of likely N-dealkylation sites (tertiary alicyclic amines) is 1. The molecule has 1 saturated heterocycles. The standard InChI is InChI=1S/C27H28F2N4O2/c28-21-7-6-20(23(29)16-21)15-25(34)33-13-10-24-22(17-33)26(31-30-24)27(35)32-11-8-19(9-12-32)14-18-4-2-1-3-5-18/h1-7,16,19H,8-15,17H2,(H,30,31). The molecule has 0 aliphatic carbocycles. The molecule has 0 spiro atoms. The van der Waals surface area contributed by atoms with E-state index in [-0.39, 0.29) is 30.3 Å². The summed E-state index contributed by atoms with van der Waals surface area (Å²) < 4.78 is 27.2. The van der Waals surface area contributed by atoms with E-state index in [9.17, 15) is 18.4 Å². The van der Waals surface area contributed by atoms with Crippen LogP contribution in [0.1, 0.15) is 45.7 Å². The van der Waals surface area contributed by atoms with Crippen molar-refractivity contribution in [3.8, 4) is 0 Å². The minimum atomic E-state index is -0.731. The Morgan fingerprint density at radius 3 is 2.51 bits per heavy atom. The van der Waals surface area contributed by atoms with Gasteiger partial charge in [0.05, 0.1) is 6.42 Å². The number of carbonyl (C=O) groups is 2. The third kappa shape index (κ3) is 5.11. The van der Waals surface area contributed by atoms with Crippen LogP contribution in [0.25, 0.3) is 0 Å². The molecule has 2 aliphatic rings. The highest BCUT2D eigenvalue weighted by atomic mass is 19.1. The first kappa shape index (κ1) is 23.2. The van der Waals surface area contributed by atoms with Gasteiger partial charge in [-0.2, -0.15) is 5.10 Å². The zero-order chi connectivity index (χ0) is 24.4. The average molecular weight is 479 g/mol. The topological polar surface area (TPSA) is 69.3 Å². The number of nitrogens with zero attached hydrogens (tertiary/aromatic N) is 3. The number of carbonyl (C=O) groups excluding carboxylic acids is 2. The maximum Gasteiger partial charge on any atom is 0.274 e. The van der Waals surface area contributed by atoms with Gasteiger partial charge in [-0.15, -0.1) is 0 Å². The number of halogens is 2. The van der Waals surface area contributed by atoms with E-state index in [4.69, 9.17) is 0 Å². The predicted molar refractivity (Wildman–Crippen MR) is 127 cm³/mol. The quantitative estimate of drug-likeness (QED) is 0.605. The Kier molecular flexibility index (Phi) is 6.61. The highest BCUT2D eigenvalue weighted by molar-refractivity contribution is 5.94. The minimum Gasteiger partial charge on any atom is -0.338 e. The number of aromatic amines is 1. The second-order valence-electron chi connectivity index (χ2n) is 9.43. The number of nitrogens with one attached hydrogen (secondary N) is 1. The molecule has 6 nitrogen and oxygen atoms in total. The summed E-state index contributed by atoms with van der Waals surface area (Å²) in [4.78, 5) is 29.6. The fourth-order valence-corrected chi connectivity index (χ4v) is 5.06. The summed E-state index contributed by atoms with van der Waals surface area (Å²) in [6.45, 7) is 2.07. The summed E-state index contributed by atoms with van der Waals surface area (Å²) in [7, 11) is 0. The second kappa shape index (κ2) is 9.98. The first-order valence-electron chi connectivity index (χ1n) is 12.1. The van der Waals surface area contributed by atoms with Crippen molar-refractivity contribution < 1.29 is 18.4 Å². The summed E-state index contributed by atoms with van der Waals surface area (Å²) in [5.41, 5.74) is 3.45. The van der Waals surface area contributed by atoms with E-state index in [1.54, 1.807) is 4.90 Å². The first-order valence-corrected chi connectivity index (χ1v) is 12.1. The van der Waals surface area contributed by atoms with Gasteiger partial charge in [-0.1, -0.05) is 36.4 Å². The molecule has 3 aromatic rings. The maximum atomic E-state index is 14.0. The molecule has 0 unspecified atom stereocenters. The SMILES string of the molecule is O=C(Cc1ccc(F)cc1F)N1CCc2[nH]nc(C(=O)N3CCC(Cc4ccccc4)CC3)c2C1. The van der Waals surface area contributed by atoms with Gasteiger partial charge < -0.3 is 9.80 Å². The van der Waals surface area contributed by atoms with E-state index in [1.165, 1.54) is 11.6 Å². The minimum absolute atomic E-state index is 0.112. The Hall–Kier alpha value is -3.55. The van der Waals surface area contributed by atoms with Gasteiger partial charge in [0.2, 0.25) is 5.91 Å². The van der Waals surface area contributed by atoms with Crippen molar-refractivity contribution in [1.29, 1.82) is 0 Å². The first-order chi connectivity index (χ1) is 17.0. The molecule has 35 heavy (non-hydrogen) atoms. The molecule has 2 amide bonds. The van der Waals surface area contributed by atoms with Gasteiger partial charge in [0, 0.05) is 49.9 Å². The lowest BCUT2D eigenvalue weighted by Gasteiger charge is -2.32. The zero-order valence-electron chi connectivity index (χ0n) is 19.5. The normalized spacial score (nSPS) is 16.3. The lowest BCUT2D eigenvalue weighted by Crippen LogP contribution is -2.41. The van der Waals surface area contributed by atoms with Crippen LogP contribution in [0.5, 0.6) is 0 Å². The van der Waals surface area contributed by atoms with Gasteiger partial charge in [-0.3, -0.25) is 14.7 Å². The second-order valence-corrected chi connectivity index (χ2v) is 9.43. The average Bonchev–Trinajstić information content (AvgIpc) is 3.30. The third-order valence-corrected chi connectivity index (χ3v) is 7.11. The Morgan fingerprint density at radius 2 is 1.77 bits per heavy atom. The maximum absolute atomic E-state index is 14.0. The smallest absolute Gasteiger partial charge is 0.274 e. The van der Waals surface area contributed by atoms with Crippen LogP contribution in [-0.2, 0) is 30.6 Å². The van der Waals surface area contributed by atoms with E-state index >= 15 is 0 Å². The molecule has 0 radical (unpaired) electrons. The molecule has 1 aromatic heterocycles. The number of benzene rings is 2. The van der Waals surface area contributed by atoms with Gasteiger partial charge in [0.1, 0.15) is 11.6 Å². The van der Waals surface area contributed by atoms with Crippen LogP contribution < -0.4 is 0 Å². The monoisotopic (exact) mass is 478 g/mol. The van der Waals surface area contributed by atoms with Crippen LogP contribution in [0.3, 0.4) is 0 Å². The molecule has 5 rings (SSSR count). The number of piperidine rings is 1. The van der Waals surface area contributed by atoms with E-state index in [0.717, 1.165) is 42.7 Å². The van der Waals surface area contributed by atoms with Crippen LogP contribution in [0.2, 0.25) is 0 Å². The molecular formula is C27H28F2N4O2. The Labute approximate surface area is 202 Å². The molecule has 0 saturated carbocycles. The van der Waals surface area contributed by atoms with Gasteiger partial charge in [-0.25, -0.2) is 8.78 Å². The predicted octanol–water partition coefficient (Wildman–Crippen LogP) is 3.91. The van der Waals surface area contributed by atoms with E-state index in [1.807, 2.05) is 11.0 Å². The molecular weight excluding hydrogens is 450 g/mol. The Bertz CT molecular complexity index is 1220. The summed E-state index contributed by atoms with van der Waals surface area (Å²) >= 11 is 0. The van der Waals surface area contributed by atoms with Crippen molar-refractivity contribution in [2.24, 2.45) is 5.92 Å².